The molecule has 6 nitrogen and oxygen atoms in total. The highest BCUT2D eigenvalue weighted by Crippen LogP contribution is 2.32. The van der Waals surface area contributed by atoms with E-state index in [1.807, 2.05) is 54.6 Å². The third-order valence-corrected chi connectivity index (χ3v) is 6.54. The maximum atomic E-state index is 13.3. The molecule has 0 saturated heterocycles. The number of aldehydes is 1. The Morgan fingerprint density at radius 1 is 1.03 bits per heavy atom. The summed E-state index contributed by atoms with van der Waals surface area (Å²) in [6.07, 6.45) is 10.6. The first-order valence-corrected chi connectivity index (χ1v) is 12.3. The largest absolute Gasteiger partial charge is 0.489 e. The molecule has 0 unspecified atom stereocenters. The molecule has 1 amide bonds. The van der Waals surface area contributed by atoms with Crippen LogP contribution in [0.4, 0.5) is 0 Å². The fourth-order valence-electron chi connectivity index (χ4n) is 4.67. The quantitative estimate of drug-likeness (QED) is 0.387. The van der Waals surface area contributed by atoms with E-state index < -0.39 is 0 Å². The lowest BCUT2D eigenvalue weighted by Gasteiger charge is -2.30. The molecule has 0 radical (unpaired) electrons. The summed E-state index contributed by atoms with van der Waals surface area (Å²) in [5, 5.41) is 9.02. The van der Waals surface area contributed by atoms with Gasteiger partial charge in [-0.15, -0.1) is 0 Å². The van der Waals surface area contributed by atoms with Crippen molar-refractivity contribution >= 4 is 24.1 Å². The van der Waals surface area contributed by atoms with Gasteiger partial charge in [0.15, 0.2) is 0 Å². The van der Waals surface area contributed by atoms with E-state index in [4.69, 9.17) is 4.74 Å². The van der Waals surface area contributed by atoms with E-state index in [2.05, 4.69) is 10.4 Å². The van der Waals surface area contributed by atoms with E-state index in [0.29, 0.717) is 12.5 Å². The minimum Gasteiger partial charge on any atom is -0.489 e. The van der Waals surface area contributed by atoms with Crippen LogP contribution in [-0.4, -0.2) is 30.1 Å². The summed E-state index contributed by atoms with van der Waals surface area (Å²) in [5.41, 5.74) is 3.72. The second-order valence-corrected chi connectivity index (χ2v) is 8.93. The molecule has 0 aromatic heterocycles. The highest BCUT2D eigenvalue weighted by Gasteiger charge is 2.28. The first kappa shape index (κ1) is 23.7. The number of rotatable bonds is 10. The van der Waals surface area contributed by atoms with Gasteiger partial charge in [-0.05, 0) is 54.2 Å². The van der Waals surface area contributed by atoms with Gasteiger partial charge in [-0.25, -0.2) is 5.01 Å². The average Bonchev–Trinajstić information content (AvgIpc) is 2.89. The van der Waals surface area contributed by atoms with Crippen molar-refractivity contribution in [3.63, 3.8) is 0 Å². The third kappa shape index (κ3) is 6.34. The second-order valence-electron chi connectivity index (χ2n) is 8.93. The Morgan fingerprint density at radius 3 is 2.53 bits per heavy atom. The van der Waals surface area contributed by atoms with Crippen molar-refractivity contribution in [3.05, 3.63) is 71.3 Å². The first-order valence-electron chi connectivity index (χ1n) is 12.3. The first-order chi connectivity index (χ1) is 16.7. The van der Waals surface area contributed by atoms with Gasteiger partial charge in [0.25, 0.3) is 5.91 Å². The lowest BCUT2D eigenvalue weighted by molar-refractivity contribution is -0.128. The van der Waals surface area contributed by atoms with Gasteiger partial charge in [0.05, 0.1) is 5.70 Å². The summed E-state index contributed by atoms with van der Waals surface area (Å²) in [4.78, 5) is 23.9. The number of carbonyl (C=O) groups excluding carboxylic acids is 2. The highest BCUT2D eigenvalue weighted by atomic mass is 16.5. The summed E-state index contributed by atoms with van der Waals surface area (Å²) < 4.78 is 5.92. The lowest BCUT2D eigenvalue weighted by atomic mass is 9.84. The topological polar surface area (TPSA) is 71.0 Å². The maximum absolute atomic E-state index is 13.3. The molecule has 1 heterocycles. The van der Waals surface area contributed by atoms with Gasteiger partial charge in [0.2, 0.25) is 0 Å². The number of hydrogen-bond donors (Lipinski definition) is 1. The van der Waals surface area contributed by atoms with Gasteiger partial charge in [0, 0.05) is 18.2 Å². The molecule has 1 aliphatic heterocycles. The van der Waals surface area contributed by atoms with Crippen LogP contribution in [0.15, 0.2) is 65.3 Å². The van der Waals surface area contributed by atoms with Crippen LogP contribution >= 0.6 is 0 Å². The zero-order valence-electron chi connectivity index (χ0n) is 19.6. The van der Waals surface area contributed by atoms with Gasteiger partial charge < -0.3 is 14.8 Å². The number of nitrogens with zero attached hydrogens (tertiary/aromatic N) is 2. The summed E-state index contributed by atoms with van der Waals surface area (Å²) in [7, 11) is 0. The molecule has 6 heteroatoms. The zero-order valence-corrected chi connectivity index (χ0v) is 19.6. The Hall–Kier alpha value is -3.41. The minimum atomic E-state index is -0.0869. The maximum Gasteiger partial charge on any atom is 0.273 e. The van der Waals surface area contributed by atoms with Crippen LogP contribution in [0.1, 0.15) is 62.5 Å². The van der Waals surface area contributed by atoms with Crippen LogP contribution in [0, 0.1) is 5.92 Å². The number of benzene rings is 2. The molecule has 2 aliphatic rings. The van der Waals surface area contributed by atoms with Crippen molar-refractivity contribution in [1.29, 1.82) is 0 Å². The summed E-state index contributed by atoms with van der Waals surface area (Å²) in [6.45, 7) is 0.794. The number of ether oxygens (including phenoxy) is 1. The molecule has 1 aliphatic carbocycles. The Balaban J connectivity index is 1.50. The normalized spacial score (nSPS) is 17.2. The van der Waals surface area contributed by atoms with E-state index in [1.54, 1.807) is 0 Å². The van der Waals surface area contributed by atoms with Crippen LogP contribution in [0.5, 0.6) is 5.75 Å². The molecule has 0 atom stereocenters. The van der Waals surface area contributed by atoms with E-state index in [9.17, 15) is 9.59 Å². The van der Waals surface area contributed by atoms with Crippen LogP contribution in [0.25, 0.3) is 5.70 Å². The zero-order chi connectivity index (χ0) is 23.6. The smallest absolute Gasteiger partial charge is 0.273 e. The number of hydrazone groups is 1. The summed E-state index contributed by atoms with van der Waals surface area (Å²) in [6, 6.07) is 18.0. The van der Waals surface area contributed by atoms with Crippen molar-refractivity contribution < 1.29 is 14.3 Å². The van der Waals surface area contributed by atoms with Gasteiger partial charge in [-0.3, -0.25) is 4.79 Å². The minimum absolute atomic E-state index is 0.0869. The van der Waals surface area contributed by atoms with Crippen LogP contribution in [0.3, 0.4) is 0 Å². The molecule has 2 aromatic carbocycles. The predicted molar refractivity (Wildman–Crippen MR) is 134 cm³/mol. The molecular formula is C28H33N3O3. The van der Waals surface area contributed by atoms with Gasteiger partial charge in [0.1, 0.15) is 25.3 Å². The predicted octanol–water partition coefficient (Wildman–Crippen LogP) is 5.30. The number of hydrogen-bond acceptors (Lipinski definition) is 5. The summed E-state index contributed by atoms with van der Waals surface area (Å²) >= 11 is 0. The van der Waals surface area contributed by atoms with Gasteiger partial charge in [-0.1, -0.05) is 62.4 Å². The van der Waals surface area contributed by atoms with E-state index in [-0.39, 0.29) is 19.0 Å². The van der Waals surface area contributed by atoms with Crippen molar-refractivity contribution in [2.24, 2.45) is 11.0 Å². The van der Waals surface area contributed by atoms with Crippen molar-refractivity contribution in [1.82, 2.24) is 10.3 Å². The van der Waals surface area contributed by atoms with Crippen molar-refractivity contribution in [3.8, 4) is 5.75 Å². The van der Waals surface area contributed by atoms with Crippen LogP contribution in [-0.2, 0) is 16.2 Å². The molecule has 0 bridgehead atoms. The molecular weight excluding hydrogens is 426 g/mol. The SMILES string of the molecule is O=CC/C=N\N1CNC(c2ccc(OCc3ccccc3)cc2)=C(CCC2CCCCC2)C1=O. The molecule has 1 saturated carbocycles. The molecule has 1 fully saturated rings. The van der Waals surface area contributed by atoms with Crippen molar-refractivity contribution in [2.75, 3.05) is 6.67 Å². The lowest BCUT2D eigenvalue weighted by Crippen LogP contribution is -2.41. The Bertz CT molecular complexity index is 1010. The van der Waals surface area contributed by atoms with Crippen molar-refractivity contribution in [2.45, 2.75) is 58.0 Å². The Morgan fingerprint density at radius 2 is 1.79 bits per heavy atom. The standard InChI is InChI=1S/C28H33N3O3/c32-19-7-18-30-31-21-29-27(26(28(31)33)17-12-22-8-3-1-4-9-22)24-13-15-25(16-14-24)34-20-23-10-5-2-6-11-23/h2,5-6,10-11,13-16,18-19,22,29H,1,3-4,7-9,12,17,20-21H2/b30-18-. The average molecular weight is 460 g/mol. The Kier molecular flexibility index (Phi) is 8.49. The van der Waals surface area contributed by atoms with Gasteiger partial charge in [-0.2, -0.15) is 5.10 Å². The molecule has 2 aromatic rings. The summed E-state index contributed by atoms with van der Waals surface area (Å²) in [5.74, 6) is 1.38. The van der Waals surface area contributed by atoms with Crippen LogP contribution in [0.2, 0.25) is 0 Å². The number of amides is 1. The second kappa shape index (κ2) is 12.2. The van der Waals surface area contributed by atoms with Gasteiger partial charge >= 0.3 is 0 Å². The third-order valence-electron chi connectivity index (χ3n) is 6.54. The molecule has 0 spiro atoms. The van der Waals surface area contributed by atoms with E-state index in [1.165, 1.54) is 43.3 Å². The number of nitrogens with one attached hydrogen (secondary N) is 1. The number of carbonyl (C=O) groups is 2. The monoisotopic (exact) mass is 459 g/mol. The Labute approximate surface area is 201 Å². The van der Waals surface area contributed by atoms with E-state index >= 15 is 0 Å². The molecule has 4 rings (SSSR count). The molecule has 34 heavy (non-hydrogen) atoms. The molecule has 178 valence electrons. The fourth-order valence-corrected chi connectivity index (χ4v) is 4.67. The van der Waals surface area contributed by atoms with Crippen LogP contribution < -0.4 is 10.1 Å². The fraction of sp³-hybridized carbons (Fsp3) is 0.393. The van der Waals surface area contributed by atoms with E-state index in [0.717, 1.165) is 47.3 Å². The molecule has 1 N–H and O–H groups in total. The highest BCUT2D eigenvalue weighted by molar-refractivity contribution is 6.02.